The Bertz CT molecular complexity index is 1540. The van der Waals surface area contributed by atoms with E-state index in [1.807, 2.05) is 0 Å². The van der Waals surface area contributed by atoms with E-state index in [2.05, 4.69) is 52.1 Å². The lowest BCUT2D eigenvalue weighted by Gasteiger charge is -2.12. The van der Waals surface area contributed by atoms with Crippen molar-refractivity contribution in [1.82, 2.24) is 25.0 Å². The van der Waals surface area contributed by atoms with Gasteiger partial charge in [0, 0.05) is 11.6 Å². The van der Waals surface area contributed by atoms with Crippen molar-refractivity contribution in [1.29, 1.82) is 0 Å². The molecule has 0 saturated heterocycles. The van der Waals surface area contributed by atoms with E-state index in [1.165, 1.54) is 13.0 Å². The number of rotatable bonds is 5. The zero-order valence-electron chi connectivity index (χ0n) is 16.8. The first-order chi connectivity index (χ1) is 15.7. The lowest BCUT2D eigenvalue weighted by atomic mass is 10.1. The average molecular weight is 575 g/mol. The fourth-order valence-electron chi connectivity index (χ4n) is 2.88. The maximum atomic E-state index is 12.7. The van der Waals surface area contributed by atoms with Crippen LogP contribution >= 0.6 is 31.9 Å². The zero-order valence-corrected chi connectivity index (χ0v) is 19.9. The van der Waals surface area contributed by atoms with Crippen LogP contribution in [0.1, 0.15) is 21.6 Å². The lowest BCUT2D eigenvalue weighted by molar-refractivity contribution is 0.103. The zero-order chi connectivity index (χ0) is 23.7. The number of carbonyl (C=O) groups is 1. The summed E-state index contributed by atoms with van der Waals surface area (Å²) in [6, 6.07) is 12.7. The van der Waals surface area contributed by atoms with Gasteiger partial charge in [-0.15, -0.1) is 5.10 Å². The molecule has 0 amide bonds. The van der Waals surface area contributed by atoms with Gasteiger partial charge in [0.15, 0.2) is 11.5 Å². The number of aryl methyl sites for hydroxylation is 1. The highest BCUT2D eigenvalue weighted by molar-refractivity contribution is 9.11. The molecule has 0 unspecified atom stereocenters. The summed E-state index contributed by atoms with van der Waals surface area (Å²) in [5.41, 5.74) is -1.24. The van der Waals surface area contributed by atoms with Gasteiger partial charge in [0.05, 0.1) is 20.2 Å². The van der Waals surface area contributed by atoms with Crippen molar-refractivity contribution >= 4 is 37.6 Å². The van der Waals surface area contributed by atoms with E-state index in [1.54, 1.807) is 42.5 Å². The van der Waals surface area contributed by atoms with E-state index >= 15 is 0 Å². The van der Waals surface area contributed by atoms with Crippen LogP contribution < -0.4 is 21.5 Å². The van der Waals surface area contributed by atoms with Crippen molar-refractivity contribution in [3.05, 3.63) is 105 Å². The van der Waals surface area contributed by atoms with Crippen molar-refractivity contribution in [3.8, 4) is 17.3 Å². The Balaban J connectivity index is 1.70. The Morgan fingerprint density at radius 2 is 1.67 bits per heavy atom. The van der Waals surface area contributed by atoms with Crippen molar-refractivity contribution in [2.75, 3.05) is 0 Å². The molecule has 2 heterocycles. The minimum absolute atomic E-state index is 0.0294. The third kappa shape index (κ3) is 4.61. The van der Waals surface area contributed by atoms with Crippen LogP contribution in [-0.4, -0.2) is 30.7 Å². The van der Waals surface area contributed by atoms with Crippen LogP contribution in [0, 0.1) is 6.92 Å². The van der Waals surface area contributed by atoms with Crippen LogP contribution in [0.4, 0.5) is 0 Å². The number of nitrogens with zero attached hydrogens (tertiary/aromatic N) is 3. The van der Waals surface area contributed by atoms with Crippen LogP contribution in [0.5, 0.6) is 11.6 Å². The number of ketones is 1. The van der Waals surface area contributed by atoms with Gasteiger partial charge in [-0.25, -0.2) is 9.89 Å². The number of H-pyrrole nitrogens is 2. The van der Waals surface area contributed by atoms with Crippen molar-refractivity contribution in [3.63, 3.8) is 0 Å². The number of hydrogen-bond donors (Lipinski definition) is 2. The van der Waals surface area contributed by atoms with Crippen molar-refractivity contribution in [2.45, 2.75) is 6.92 Å². The van der Waals surface area contributed by atoms with E-state index in [-0.39, 0.29) is 22.9 Å². The van der Waals surface area contributed by atoms with Gasteiger partial charge in [-0.3, -0.25) is 19.4 Å². The molecule has 0 aliphatic rings. The third-order valence-corrected chi connectivity index (χ3v) is 5.66. The molecule has 0 saturated carbocycles. The molecule has 33 heavy (non-hydrogen) atoms. The molecule has 0 atom stereocenters. The number of ether oxygens (including phenoxy) is 1. The number of carbonyl (C=O) groups excluding carboxylic acids is 1. The smallest absolute Gasteiger partial charge is 0.349 e. The molecular formula is C21H13Br2N5O5. The summed E-state index contributed by atoms with van der Waals surface area (Å²) in [7, 11) is 0. The topological polar surface area (TPSA) is 140 Å². The standard InChI is InChI=1S/C21H13Br2N5O5/c1-10-19(30)24-21(32)28(27-10)12-7-14(22)18(15(23)8-12)33-16-9-13(20(31)26-25-16)17(29)11-5-3-2-4-6-11/h2-9H,1H3,(H,26,31)(H,24,30,32). The molecule has 0 aliphatic carbocycles. The third-order valence-electron chi connectivity index (χ3n) is 4.49. The van der Waals surface area contributed by atoms with Crippen molar-refractivity contribution in [2.24, 2.45) is 0 Å². The van der Waals surface area contributed by atoms with Crippen LogP contribution in [0.25, 0.3) is 5.69 Å². The molecule has 0 bridgehead atoms. The van der Waals surface area contributed by atoms with E-state index in [4.69, 9.17) is 4.74 Å². The van der Waals surface area contributed by atoms with E-state index in [0.29, 0.717) is 20.2 Å². The molecule has 0 radical (unpaired) electrons. The Morgan fingerprint density at radius 3 is 2.33 bits per heavy atom. The molecule has 12 heteroatoms. The number of hydrogen-bond acceptors (Lipinski definition) is 7. The van der Waals surface area contributed by atoms with E-state index in [9.17, 15) is 19.2 Å². The maximum Gasteiger partial charge on any atom is 0.349 e. The summed E-state index contributed by atoms with van der Waals surface area (Å²) >= 11 is 6.74. The Kier molecular flexibility index (Phi) is 6.20. The number of aromatic nitrogens is 5. The monoisotopic (exact) mass is 573 g/mol. The molecule has 0 fully saturated rings. The molecule has 2 aromatic carbocycles. The van der Waals surface area contributed by atoms with Crippen LogP contribution in [0.2, 0.25) is 0 Å². The fraction of sp³-hybridized carbons (Fsp3) is 0.0476. The first-order valence-corrected chi connectivity index (χ1v) is 10.9. The minimum atomic E-state index is -0.704. The second-order valence-corrected chi connectivity index (χ2v) is 8.45. The summed E-state index contributed by atoms with van der Waals surface area (Å²) in [4.78, 5) is 50.8. The normalized spacial score (nSPS) is 10.8. The van der Waals surface area contributed by atoms with Gasteiger partial charge in [0.25, 0.3) is 11.1 Å². The van der Waals surface area contributed by atoms with Crippen molar-refractivity contribution < 1.29 is 9.53 Å². The average Bonchev–Trinajstić information content (AvgIpc) is 2.79. The predicted octanol–water partition coefficient (Wildman–Crippen LogP) is 2.86. The molecule has 0 spiro atoms. The quantitative estimate of drug-likeness (QED) is 0.349. The first-order valence-electron chi connectivity index (χ1n) is 9.31. The molecule has 4 rings (SSSR count). The molecule has 0 aliphatic heterocycles. The minimum Gasteiger partial charge on any atom is -0.435 e. The fourth-order valence-corrected chi connectivity index (χ4v) is 4.20. The molecule has 166 valence electrons. The Labute approximate surface area is 201 Å². The van der Waals surface area contributed by atoms with Gasteiger partial charge in [0.2, 0.25) is 5.88 Å². The van der Waals surface area contributed by atoms with Gasteiger partial charge >= 0.3 is 5.69 Å². The Morgan fingerprint density at radius 1 is 1.00 bits per heavy atom. The van der Waals surface area contributed by atoms with Crippen LogP contribution in [-0.2, 0) is 0 Å². The molecule has 2 N–H and O–H groups in total. The second kappa shape index (κ2) is 9.08. The second-order valence-electron chi connectivity index (χ2n) is 6.74. The van der Waals surface area contributed by atoms with Gasteiger partial charge in [0.1, 0.15) is 5.69 Å². The number of nitrogens with one attached hydrogen (secondary N) is 2. The molecule has 4 aromatic rings. The van der Waals surface area contributed by atoms with Gasteiger partial charge in [-0.2, -0.15) is 9.78 Å². The number of aromatic amines is 2. The van der Waals surface area contributed by atoms with E-state index in [0.717, 1.165) is 4.68 Å². The summed E-state index contributed by atoms with van der Waals surface area (Å²) in [5.74, 6) is -0.236. The molecular weight excluding hydrogens is 562 g/mol. The summed E-state index contributed by atoms with van der Waals surface area (Å²) in [6.45, 7) is 1.48. The largest absolute Gasteiger partial charge is 0.435 e. The summed E-state index contributed by atoms with van der Waals surface area (Å²) in [5, 5.41) is 10.1. The predicted molar refractivity (Wildman–Crippen MR) is 125 cm³/mol. The van der Waals surface area contributed by atoms with Gasteiger partial charge in [-0.1, -0.05) is 30.3 Å². The van der Waals surface area contributed by atoms with Crippen LogP contribution in [0.15, 0.2) is 71.9 Å². The molecule has 10 nitrogen and oxygen atoms in total. The highest BCUT2D eigenvalue weighted by Gasteiger charge is 2.18. The molecule has 2 aromatic heterocycles. The maximum absolute atomic E-state index is 12.7. The highest BCUT2D eigenvalue weighted by atomic mass is 79.9. The summed E-state index contributed by atoms with van der Waals surface area (Å²) in [6.07, 6.45) is 0. The van der Waals surface area contributed by atoms with E-state index < -0.39 is 22.6 Å². The number of benzene rings is 2. The van der Waals surface area contributed by atoms with Gasteiger partial charge in [-0.05, 0) is 50.9 Å². The van der Waals surface area contributed by atoms with Crippen LogP contribution in [0.3, 0.4) is 0 Å². The highest BCUT2D eigenvalue weighted by Crippen LogP contribution is 2.38. The Hall–Kier alpha value is -3.64. The number of halogens is 2. The first kappa shape index (κ1) is 22.6. The lowest BCUT2D eigenvalue weighted by Crippen LogP contribution is -2.32. The summed E-state index contributed by atoms with van der Waals surface area (Å²) < 4.78 is 7.65. The van der Waals surface area contributed by atoms with Gasteiger partial charge < -0.3 is 4.74 Å². The SMILES string of the molecule is Cc1nn(-c2cc(Br)c(Oc3cc(C(=O)c4ccccc4)c(=O)[nH]n3)c(Br)c2)c(=O)[nH]c1=O.